The van der Waals surface area contributed by atoms with E-state index in [-0.39, 0.29) is 0 Å². The van der Waals surface area contributed by atoms with Gasteiger partial charge in [0.2, 0.25) is 0 Å². The lowest BCUT2D eigenvalue weighted by atomic mass is 10.2. The molecule has 2 heterocycles. The predicted octanol–water partition coefficient (Wildman–Crippen LogP) is 4.48. The van der Waals surface area contributed by atoms with Crippen LogP contribution < -0.4 is 20.9 Å². The fourth-order valence-electron chi connectivity index (χ4n) is 4.00. The van der Waals surface area contributed by atoms with Crippen molar-refractivity contribution in [1.29, 1.82) is 0 Å². The molecular weight excluding hydrogens is 358 g/mol. The summed E-state index contributed by atoms with van der Waals surface area (Å²) >= 11 is 0. The molecule has 0 amide bonds. The van der Waals surface area contributed by atoms with E-state index in [1.54, 1.807) is 0 Å². The van der Waals surface area contributed by atoms with Gasteiger partial charge in [0.25, 0.3) is 0 Å². The van der Waals surface area contributed by atoms with Gasteiger partial charge in [-0.25, -0.2) is 0 Å². The molecular formula is C24H33N5. The number of para-hydroxylation sites is 2. The first-order valence-electron chi connectivity index (χ1n) is 11.1. The lowest BCUT2D eigenvalue weighted by Crippen LogP contribution is -2.23. The third-order valence-electron chi connectivity index (χ3n) is 5.68. The van der Waals surface area contributed by atoms with Crippen LogP contribution >= 0.6 is 0 Å². The van der Waals surface area contributed by atoms with Crippen molar-refractivity contribution in [2.45, 2.75) is 38.6 Å². The Labute approximate surface area is 174 Å². The number of benzene rings is 2. The van der Waals surface area contributed by atoms with Gasteiger partial charge in [-0.05, 0) is 68.6 Å². The summed E-state index contributed by atoms with van der Waals surface area (Å²) in [6, 6.07) is 17.4. The summed E-state index contributed by atoms with van der Waals surface area (Å²) in [5.41, 5.74) is 4.87. The van der Waals surface area contributed by atoms with Crippen LogP contribution in [0.1, 0.15) is 37.7 Å². The molecule has 0 atom stereocenters. The van der Waals surface area contributed by atoms with Crippen LogP contribution in [0.5, 0.6) is 0 Å². The van der Waals surface area contributed by atoms with Crippen molar-refractivity contribution in [1.82, 2.24) is 5.32 Å². The van der Waals surface area contributed by atoms with Crippen molar-refractivity contribution in [3.63, 3.8) is 0 Å². The fourth-order valence-corrected chi connectivity index (χ4v) is 4.00. The van der Waals surface area contributed by atoms with E-state index in [0.29, 0.717) is 6.54 Å². The SMILES string of the molecule is c1ccc2c(c1)NCCCNCCCC(=NCc1ccc(N3CCCC3)cc1)N2. The molecule has 0 radical (unpaired) electrons. The van der Waals surface area contributed by atoms with Gasteiger partial charge in [-0.1, -0.05) is 24.3 Å². The molecule has 29 heavy (non-hydrogen) atoms. The number of hydrogen-bond acceptors (Lipinski definition) is 4. The second-order valence-electron chi connectivity index (χ2n) is 7.93. The normalized spacial score (nSPS) is 19.6. The van der Waals surface area contributed by atoms with Crippen molar-refractivity contribution in [2.75, 3.05) is 48.3 Å². The van der Waals surface area contributed by atoms with Crippen molar-refractivity contribution >= 4 is 22.9 Å². The zero-order valence-electron chi connectivity index (χ0n) is 17.3. The van der Waals surface area contributed by atoms with Crippen molar-refractivity contribution in [3.8, 4) is 0 Å². The second-order valence-corrected chi connectivity index (χ2v) is 7.93. The van der Waals surface area contributed by atoms with Crippen LogP contribution in [0.25, 0.3) is 0 Å². The maximum absolute atomic E-state index is 4.94. The van der Waals surface area contributed by atoms with E-state index in [4.69, 9.17) is 4.99 Å². The molecule has 0 aliphatic carbocycles. The molecule has 5 heteroatoms. The molecule has 1 saturated heterocycles. The van der Waals surface area contributed by atoms with E-state index in [1.807, 2.05) is 0 Å². The summed E-state index contributed by atoms with van der Waals surface area (Å²) in [4.78, 5) is 7.42. The summed E-state index contributed by atoms with van der Waals surface area (Å²) in [7, 11) is 0. The first kappa shape index (κ1) is 19.8. The number of nitrogens with one attached hydrogen (secondary N) is 3. The first-order valence-corrected chi connectivity index (χ1v) is 11.1. The number of hydrogen-bond donors (Lipinski definition) is 3. The van der Waals surface area contributed by atoms with Gasteiger partial charge in [-0.3, -0.25) is 4.99 Å². The highest BCUT2D eigenvalue weighted by Gasteiger charge is 2.12. The maximum atomic E-state index is 4.94. The zero-order valence-corrected chi connectivity index (χ0v) is 17.3. The molecule has 154 valence electrons. The van der Waals surface area contributed by atoms with Gasteiger partial charge in [0.05, 0.1) is 17.9 Å². The van der Waals surface area contributed by atoms with Crippen LogP contribution in [0, 0.1) is 0 Å². The molecule has 0 spiro atoms. The molecule has 1 fully saturated rings. The Morgan fingerprint density at radius 3 is 2.38 bits per heavy atom. The highest BCUT2D eigenvalue weighted by atomic mass is 15.1. The van der Waals surface area contributed by atoms with E-state index in [2.05, 4.69) is 69.4 Å². The molecule has 3 N–H and O–H groups in total. The van der Waals surface area contributed by atoms with Gasteiger partial charge in [-0.2, -0.15) is 0 Å². The number of nitrogens with zero attached hydrogens (tertiary/aromatic N) is 2. The molecule has 2 aliphatic rings. The topological polar surface area (TPSA) is 51.7 Å². The minimum absolute atomic E-state index is 0.714. The zero-order chi connectivity index (χ0) is 19.7. The molecule has 0 bridgehead atoms. The first-order chi connectivity index (χ1) is 14.4. The monoisotopic (exact) mass is 391 g/mol. The number of fused-ring (bicyclic) bond motifs is 1. The molecule has 0 aromatic heterocycles. The molecule has 5 nitrogen and oxygen atoms in total. The highest BCUT2D eigenvalue weighted by molar-refractivity contribution is 5.98. The second kappa shape index (κ2) is 10.3. The average molecular weight is 392 g/mol. The Morgan fingerprint density at radius 1 is 0.793 bits per heavy atom. The number of rotatable bonds is 3. The van der Waals surface area contributed by atoms with E-state index < -0.39 is 0 Å². The summed E-state index contributed by atoms with van der Waals surface area (Å²) < 4.78 is 0. The quantitative estimate of drug-likeness (QED) is 0.722. The van der Waals surface area contributed by atoms with Gasteiger partial charge >= 0.3 is 0 Å². The Balaban J connectivity index is 1.45. The van der Waals surface area contributed by atoms with Gasteiger partial charge in [0.15, 0.2) is 0 Å². The molecule has 2 aromatic rings. The molecule has 2 aliphatic heterocycles. The minimum atomic E-state index is 0.714. The number of anilines is 3. The average Bonchev–Trinajstić information content (AvgIpc) is 3.29. The van der Waals surface area contributed by atoms with Crippen LogP contribution in [-0.2, 0) is 6.54 Å². The van der Waals surface area contributed by atoms with E-state index in [1.165, 1.54) is 37.2 Å². The summed E-state index contributed by atoms with van der Waals surface area (Å²) in [6.45, 7) is 6.15. The molecule has 0 unspecified atom stereocenters. The number of aliphatic imine (C=N–C) groups is 1. The van der Waals surface area contributed by atoms with Crippen LogP contribution in [0.2, 0.25) is 0 Å². The van der Waals surface area contributed by atoms with Crippen LogP contribution in [0.15, 0.2) is 53.5 Å². The predicted molar refractivity (Wildman–Crippen MR) is 124 cm³/mol. The third-order valence-corrected chi connectivity index (χ3v) is 5.68. The Bertz CT molecular complexity index is 793. The van der Waals surface area contributed by atoms with Crippen molar-refractivity contribution in [2.24, 2.45) is 4.99 Å². The molecule has 0 saturated carbocycles. The maximum Gasteiger partial charge on any atom is 0.101 e. The highest BCUT2D eigenvalue weighted by Crippen LogP contribution is 2.23. The number of amidine groups is 1. The van der Waals surface area contributed by atoms with Crippen LogP contribution in [0.4, 0.5) is 17.1 Å². The summed E-state index contributed by atoms with van der Waals surface area (Å²) in [5.74, 6) is 1.06. The summed E-state index contributed by atoms with van der Waals surface area (Å²) in [5, 5.41) is 10.7. The smallest absolute Gasteiger partial charge is 0.101 e. The third kappa shape index (κ3) is 5.73. The lowest BCUT2D eigenvalue weighted by molar-refractivity contribution is 0.640. The van der Waals surface area contributed by atoms with E-state index in [9.17, 15) is 0 Å². The summed E-state index contributed by atoms with van der Waals surface area (Å²) in [6.07, 6.45) is 5.80. The van der Waals surface area contributed by atoms with Crippen molar-refractivity contribution < 1.29 is 0 Å². The van der Waals surface area contributed by atoms with Crippen molar-refractivity contribution in [3.05, 3.63) is 54.1 Å². The van der Waals surface area contributed by atoms with Gasteiger partial charge in [0, 0.05) is 31.7 Å². The largest absolute Gasteiger partial charge is 0.383 e. The van der Waals surface area contributed by atoms with E-state index in [0.717, 1.165) is 56.1 Å². The Morgan fingerprint density at radius 2 is 1.55 bits per heavy atom. The van der Waals surface area contributed by atoms with E-state index >= 15 is 0 Å². The lowest BCUT2D eigenvalue weighted by Gasteiger charge is -2.18. The molecule has 4 rings (SSSR count). The van der Waals surface area contributed by atoms with Gasteiger partial charge < -0.3 is 20.9 Å². The van der Waals surface area contributed by atoms with Gasteiger partial charge in [-0.15, -0.1) is 0 Å². The Hall–Kier alpha value is -2.53. The minimum Gasteiger partial charge on any atom is -0.383 e. The van der Waals surface area contributed by atoms with Gasteiger partial charge in [0.1, 0.15) is 5.84 Å². The van der Waals surface area contributed by atoms with Crippen LogP contribution in [-0.4, -0.2) is 38.6 Å². The molecule has 2 aromatic carbocycles. The Kier molecular flexibility index (Phi) is 7.03. The van der Waals surface area contributed by atoms with Crippen LogP contribution in [0.3, 0.4) is 0 Å². The fraction of sp³-hybridized carbons (Fsp3) is 0.458. The standard InChI is InChI=1S/C24H33N5/c1-2-8-23-22(7-1)26-16-6-15-25-14-5-9-24(28-23)27-19-20-10-12-21(13-11-20)29-17-3-4-18-29/h1-2,7-8,10-13,25-26H,3-6,9,14-19H2,(H,27,28).